The van der Waals surface area contributed by atoms with E-state index in [2.05, 4.69) is 74.2 Å². The van der Waals surface area contributed by atoms with Gasteiger partial charge in [0.25, 0.3) is 0 Å². The van der Waals surface area contributed by atoms with E-state index in [4.69, 9.17) is 0 Å². The van der Waals surface area contributed by atoms with Gasteiger partial charge in [0.05, 0.1) is 0 Å². The van der Waals surface area contributed by atoms with Crippen molar-refractivity contribution in [3.05, 3.63) is 83.7 Å². The summed E-state index contributed by atoms with van der Waals surface area (Å²) in [6.45, 7) is 3.62. The second kappa shape index (κ2) is 8.57. The molecule has 0 saturated heterocycles. The third-order valence-corrected chi connectivity index (χ3v) is 4.77. The molecule has 2 aromatic heterocycles. The van der Waals surface area contributed by atoms with Gasteiger partial charge >= 0.3 is 0 Å². The molecular weight excluding hydrogens is 346 g/mol. The number of anilines is 2. The van der Waals surface area contributed by atoms with Gasteiger partial charge < -0.3 is 15.6 Å². The van der Waals surface area contributed by atoms with Crippen LogP contribution in [0.3, 0.4) is 0 Å². The highest BCUT2D eigenvalue weighted by Crippen LogP contribution is 2.18. The van der Waals surface area contributed by atoms with Gasteiger partial charge in [0.1, 0.15) is 5.82 Å². The van der Waals surface area contributed by atoms with Crippen molar-refractivity contribution in [3.63, 3.8) is 0 Å². The molecular formula is C23H25N5. The van der Waals surface area contributed by atoms with Crippen LogP contribution in [-0.4, -0.2) is 28.0 Å². The minimum Gasteiger partial charge on any atom is -0.370 e. The summed E-state index contributed by atoms with van der Waals surface area (Å²) in [5, 5.41) is 8.04. The number of aromatic amines is 1. The van der Waals surface area contributed by atoms with Gasteiger partial charge in [-0.05, 0) is 37.0 Å². The van der Waals surface area contributed by atoms with Crippen LogP contribution >= 0.6 is 0 Å². The van der Waals surface area contributed by atoms with Crippen LogP contribution in [0.1, 0.15) is 16.8 Å². The molecule has 142 valence electrons. The van der Waals surface area contributed by atoms with Crippen LogP contribution < -0.4 is 10.6 Å². The van der Waals surface area contributed by atoms with Gasteiger partial charge in [-0.2, -0.15) is 4.98 Å². The van der Waals surface area contributed by atoms with Crippen molar-refractivity contribution in [3.8, 4) is 0 Å². The fourth-order valence-corrected chi connectivity index (χ4v) is 3.37. The van der Waals surface area contributed by atoms with Crippen molar-refractivity contribution in [2.45, 2.75) is 19.8 Å². The molecule has 4 rings (SSSR count). The maximum absolute atomic E-state index is 4.60. The second-order valence-electron chi connectivity index (χ2n) is 6.92. The Morgan fingerprint density at radius 2 is 1.64 bits per heavy atom. The Bertz CT molecular complexity index is 1040. The number of H-pyrrole nitrogens is 1. The van der Waals surface area contributed by atoms with Crippen LogP contribution in [0.5, 0.6) is 0 Å². The van der Waals surface area contributed by atoms with E-state index < -0.39 is 0 Å². The molecule has 0 unspecified atom stereocenters. The Hall–Kier alpha value is -3.34. The van der Waals surface area contributed by atoms with Gasteiger partial charge in [-0.25, -0.2) is 4.98 Å². The van der Waals surface area contributed by atoms with Gasteiger partial charge in [0.15, 0.2) is 0 Å². The molecule has 5 nitrogen and oxygen atoms in total. The van der Waals surface area contributed by atoms with Crippen molar-refractivity contribution in [2.24, 2.45) is 0 Å². The zero-order valence-corrected chi connectivity index (χ0v) is 16.1. The first-order valence-corrected chi connectivity index (χ1v) is 9.70. The molecule has 0 radical (unpaired) electrons. The Labute approximate surface area is 165 Å². The second-order valence-corrected chi connectivity index (χ2v) is 6.92. The number of nitrogens with zero attached hydrogens (tertiary/aromatic N) is 2. The standard InChI is InChI=1S/C23H25N5/c1-17-15-22(24-13-11-18-7-3-2-4-8-18)28-23(27-17)25-14-12-19-16-26-21-10-6-5-9-20(19)21/h2-10,15-16,26H,11-14H2,1H3,(H2,24,25,27,28). The monoisotopic (exact) mass is 371 g/mol. The highest BCUT2D eigenvalue weighted by Gasteiger charge is 2.05. The van der Waals surface area contributed by atoms with E-state index >= 15 is 0 Å². The van der Waals surface area contributed by atoms with E-state index in [0.29, 0.717) is 5.95 Å². The van der Waals surface area contributed by atoms with Crippen LogP contribution in [0.4, 0.5) is 11.8 Å². The van der Waals surface area contributed by atoms with Crippen molar-refractivity contribution in [1.82, 2.24) is 15.0 Å². The predicted molar refractivity (Wildman–Crippen MR) is 116 cm³/mol. The zero-order valence-electron chi connectivity index (χ0n) is 16.1. The predicted octanol–water partition coefficient (Wildman–Crippen LogP) is 4.58. The van der Waals surface area contributed by atoms with E-state index in [-0.39, 0.29) is 0 Å². The summed E-state index contributed by atoms with van der Waals surface area (Å²) in [5.41, 5.74) is 4.75. The summed E-state index contributed by atoms with van der Waals surface area (Å²) < 4.78 is 0. The molecule has 0 amide bonds. The minimum absolute atomic E-state index is 0.669. The Kier molecular flexibility index (Phi) is 5.52. The maximum Gasteiger partial charge on any atom is 0.224 e. The first-order chi connectivity index (χ1) is 13.8. The quantitative estimate of drug-likeness (QED) is 0.424. The molecule has 28 heavy (non-hydrogen) atoms. The number of hydrogen-bond acceptors (Lipinski definition) is 4. The largest absolute Gasteiger partial charge is 0.370 e. The first-order valence-electron chi connectivity index (χ1n) is 9.70. The summed E-state index contributed by atoms with van der Waals surface area (Å²) in [7, 11) is 0. The molecule has 0 fully saturated rings. The van der Waals surface area contributed by atoms with Gasteiger partial charge in [-0.15, -0.1) is 0 Å². The summed E-state index contributed by atoms with van der Waals surface area (Å²) in [6.07, 6.45) is 3.96. The van der Waals surface area contributed by atoms with Crippen molar-refractivity contribution >= 4 is 22.7 Å². The number of para-hydroxylation sites is 1. The van der Waals surface area contributed by atoms with Crippen LogP contribution in [0.25, 0.3) is 10.9 Å². The van der Waals surface area contributed by atoms with E-state index in [9.17, 15) is 0 Å². The number of aryl methyl sites for hydroxylation is 1. The lowest BCUT2D eigenvalue weighted by molar-refractivity contribution is 0.964. The summed E-state index contributed by atoms with van der Waals surface area (Å²) in [5.74, 6) is 1.53. The van der Waals surface area contributed by atoms with Gasteiger partial charge in [0, 0.05) is 41.9 Å². The third-order valence-electron chi connectivity index (χ3n) is 4.77. The summed E-state index contributed by atoms with van der Waals surface area (Å²) in [4.78, 5) is 12.4. The lowest BCUT2D eigenvalue weighted by Gasteiger charge is -2.10. The molecule has 0 spiro atoms. The van der Waals surface area contributed by atoms with Crippen molar-refractivity contribution in [2.75, 3.05) is 23.7 Å². The summed E-state index contributed by atoms with van der Waals surface area (Å²) >= 11 is 0. The molecule has 5 heteroatoms. The Balaban J connectivity index is 1.33. The molecule has 2 heterocycles. The fraction of sp³-hybridized carbons (Fsp3) is 0.217. The van der Waals surface area contributed by atoms with Crippen LogP contribution in [0, 0.1) is 6.92 Å². The normalized spacial score (nSPS) is 10.9. The van der Waals surface area contributed by atoms with E-state index in [1.54, 1.807) is 0 Å². The van der Waals surface area contributed by atoms with Crippen LogP contribution in [0.15, 0.2) is 66.9 Å². The van der Waals surface area contributed by atoms with Crippen molar-refractivity contribution in [1.29, 1.82) is 0 Å². The van der Waals surface area contributed by atoms with Gasteiger partial charge in [0.2, 0.25) is 5.95 Å². The topological polar surface area (TPSA) is 65.6 Å². The molecule has 0 aliphatic heterocycles. The number of benzene rings is 2. The molecule has 2 aromatic carbocycles. The number of aromatic nitrogens is 3. The first kappa shape index (κ1) is 18.0. The molecule has 4 aromatic rings. The molecule has 0 saturated carbocycles. The molecule has 0 atom stereocenters. The van der Waals surface area contributed by atoms with Crippen LogP contribution in [-0.2, 0) is 12.8 Å². The van der Waals surface area contributed by atoms with Gasteiger partial charge in [-0.3, -0.25) is 0 Å². The number of rotatable bonds is 8. The Morgan fingerprint density at radius 1 is 0.857 bits per heavy atom. The van der Waals surface area contributed by atoms with E-state index in [0.717, 1.165) is 37.4 Å². The molecule has 0 aliphatic carbocycles. The average Bonchev–Trinajstić information content (AvgIpc) is 3.12. The van der Waals surface area contributed by atoms with Crippen LogP contribution in [0.2, 0.25) is 0 Å². The summed E-state index contributed by atoms with van der Waals surface area (Å²) in [6, 6.07) is 20.8. The van der Waals surface area contributed by atoms with Crippen molar-refractivity contribution < 1.29 is 0 Å². The number of fused-ring (bicyclic) bond motifs is 1. The smallest absolute Gasteiger partial charge is 0.224 e. The highest BCUT2D eigenvalue weighted by molar-refractivity contribution is 5.83. The zero-order chi connectivity index (χ0) is 19.2. The molecule has 0 bridgehead atoms. The van der Waals surface area contributed by atoms with E-state index in [1.165, 1.54) is 22.0 Å². The fourth-order valence-electron chi connectivity index (χ4n) is 3.37. The maximum atomic E-state index is 4.60. The minimum atomic E-state index is 0.669. The highest BCUT2D eigenvalue weighted by atomic mass is 15.1. The molecule has 3 N–H and O–H groups in total. The average molecular weight is 371 g/mol. The van der Waals surface area contributed by atoms with E-state index in [1.807, 2.05) is 25.1 Å². The van der Waals surface area contributed by atoms with Gasteiger partial charge in [-0.1, -0.05) is 48.5 Å². The molecule has 0 aliphatic rings. The number of nitrogens with one attached hydrogen (secondary N) is 3. The third kappa shape index (κ3) is 4.49. The lowest BCUT2D eigenvalue weighted by atomic mass is 10.1. The SMILES string of the molecule is Cc1cc(NCCc2ccccc2)nc(NCCc2c[nH]c3ccccc23)n1. The number of hydrogen-bond donors (Lipinski definition) is 3. The Morgan fingerprint density at radius 3 is 2.54 bits per heavy atom. The lowest BCUT2D eigenvalue weighted by Crippen LogP contribution is -2.11.